The van der Waals surface area contributed by atoms with E-state index in [1.807, 2.05) is 0 Å². The van der Waals surface area contributed by atoms with E-state index in [-0.39, 0.29) is 5.56 Å². The molecule has 1 rings (SSSR count). The van der Waals surface area contributed by atoms with E-state index in [4.69, 9.17) is 4.55 Å². The van der Waals surface area contributed by atoms with Gasteiger partial charge in [-0.15, -0.1) is 0 Å². The Morgan fingerprint density at radius 3 is 2.43 bits per heavy atom. The molecule has 0 aliphatic carbocycles. The molecule has 14 heavy (non-hydrogen) atoms. The molecule has 0 bridgehead atoms. The SMILES string of the molecule is O=S(=O)(O)OC=C(F)c1ccccc1. The Bertz CT molecular complexity index is 424. The molecule has 76 valence electrons. The van der Waals surface area contributed by atoms with Gasteiger partial charge in [0.2, 0.25) is 0 Å². The van der Waals surface area contributed by atoms with Gasteiger partial charge in [-0.3, -0.25) is 4.55 Å². The average Bonchev–Trinajstić information content (AvgIpc) is 2.14. The van der Waals surface area contributed by atoms with Crippen LogP contribution in [-0.2, 0) is 14.6 Å². The molecule has 1 aromatic rings. The van der Waals surface area contributed by atoms with Crippen molar-refractivity contribution in [3.8, 4) is 0 Å². The number of hydrogen-bond donors (Lipinski definition) is 1. The first-order valence-electron chi connectivity index (χ1n) is 3.56. The van der Waals surface area contributed by atoms with Crippen LogP contribution in [0.25, 0.3) is 5.83 Å². The highest BCUT2D eigenvalue weighted by Gasteiger charge is 2.04. The lowest BCUT2D eigenvalue weighted by Gasteiger charge is -1.97. The van der Waals surface area contributed by atoms with Crippen LogP contribution >= 0.6 is 0 Å². The molecule has 0 fully saturated rings. The van der Waals surface area contributed by atoms with E-state index in [2.05, 4.69) is 4.18 Å². The van der Waals surface area contributed by atoms with Gasteiger partial charge in [-0.1, -0.05) is 30.3 Å². The molecule has 0 radical (unpaired) electrons. The van der Waals surface area contributed by atoms with Gasteiger partial charge >= 0.3 is 10.4 Å². The molecule has 0 heterocycles. The van der Waals surface area contributed by atoms with E-state index in [1.165, 1.54) is 12.1 Å². The zero-order valence-electron chi connectivity index (χ0n) is 6.92. The summed E-state index contributed by atoms with van der Waals surface area (Å²) in [5.41, 5.74) is 0.163. The van der Waals surface area contributed by atoms with Gasteiger partial charge in [0.1, 0.15) is 6.26 Å². The summed E-state index contributed by atoms with van der Waals surface area (Å²) in [7, 11) is -4.64. The third kappa shape index (κ3) is 3.55. The molecular weight excluding hydrogens is 211 g/mol. The Morgan fingerprint density at radius 2 is 1.93 bits per heavy atom. The van der Waals surface area contributed by atoms with Crippen molar-refractivity contribution >= 4 is 16.2 Å². The molecule has 0 aliphatic heterocycles. The Labute approximate surface area is 80.6 Å². The summed E-state index contributed by atoms with van der Waals surface area (Å²) in [6.45, 7) is 0. The quantitative estimate of drug-likeness (QED) is 0.620. The van der Waals surface area contributed by atoms with Crippen molar-refractivity contribution in [2.75, 3.05) is 0 Å². The Hall–Kier alpha value is -1.40. The predicted molar refractivity (Wildman–Crippen MR) is 48.2 cm³/mol. The lowest BCUT2D eigenvalue weighted by Crippen LogP contribution is -1.97. The second-order valence-electron chi connectivity index (χ2n) is 2.36. The zero-order chi connectivity index (χ0) is 10.6. The highest BCUT2D eigenvalue weighted by Crippen LogP contribution is 2.15. The molecule has 0 spiro atoms. The van der Waals surface area contributed by atoms with E-state index in [9.17, 15) is 12.8 Å². The monoisotopic (exact) mass is 218 g/mol. The van der Waals surface area contributed by atoms with E-state index in [0.717, 1.165) is 0 Å². The smallest absolute Gasteiger partial charge is 0.367 e. The standard InChI is InChI=1S/C8H7FO4S/c9-8(6-13-14(10,11)12)7-4-2-1-3-5-7/h1-6H,(H,10,11,12). The summed E-state index contributed by atoms with van der Waals surface area (Å²) in [5, 5.41) is 0. The molecule has 6 heteroatoms. The van der Waals surface area contributed by atoms with Crippen molar-refractivity contribution in [3.63, 3.8) is 0 Å². The van der Waals surface area contributed by atoms with Gasteiger partial charge in [0.05, 0.1) is 0 Å². The minimum atomic E-state index is -4.64. The first kappa shape index (κ1) is 10.7. The van der Waals surface area contributed by atoms with Gasteiger partial charge in [0, 0.05) is 5.56 Å². The molecular formula is C8H7FO4S. The fraction of sp³-hybridized carbons (Fsp3) is 0. The zero-order valence-corrected chi connectivity index (χ0v) is 7.74. The Kier molecular flexibility index (Phi) is 3.21. The van der Waals surface area contributed by atoms with E-state index in [1.54, 1.807) is 18.2 Å². The topological polar surface area (TPSA) is 63.6 Å². The summed E-state index contributed by atoms with van der Waals surface area (Å²) in [6, 6.07) is 7.70. The molecule has 0 atom stereocenters. The fourth-order valence-corrected chi connectivity index (χ4v) is 0.975. The molecule has 0 amide bonds. The second kappa shape index (κ2) is 4.21. The van der Waals surface area contributed by atoms with Crippen molar-refractivity contribution in [1.29, 1.82) is 0 Å². The minimum absolute atomic E-state index is 0.163. The van der Waals surface area contributed by atoms with Crippen LogP contribution < -0.4 is 0 Å². The van der Waals surface area contributed by atoms with Gasteiger partial charge < -0.3 is 4.18 Å². The second-order valence-corrected chi connectivity index (χ2v) is 3.40. The van der Waals surface area contributed by atoms with Crippen molar-refractivity contribution in [3.05, 3.63) is 42.2 Å². The van der Waals surface area contributed by atoms with Crippen LogP contribution in [-0.4, -0.2) is 13.0 Å². The number of hydrogen-bond acceptors (Lipinski definition) is 3. The van der Waals surface area contributed by atoms with Crippen LogP contribution in [0.4, 0.5) is 4.39 Å². The van der Waals surface area contributed by atoms with Crippen molar-refractivity contribution in [2.45, 2.75) is 0 Å². The lowest BCUT2D eigenvalue weighted by molar-refractivity contribution is 0.354. The van der Waals surface area contributed by atoms with Crippen molar-refractivity contribution in [2.24, 2.45) is 0 Å². The predicted octanol–water partition coefficient (Wildman–Crippen LogP) is 1.77. The molecule has 0 aliphatic rings. The number of halogens is 1. The van der Waals surface area contributed by atoms with Crippen LogP contribution in [0.15, 0.2) is 36.6 Å². The molecule has 0 saturated carbocycles. The summed E-state index contributed by atoms with van der Waals surface area (Å²) < 4.78 is 45.1. The molecule has 0 unspecified atom stereocenters. The summed E-state index contributed by atoms with van der Waals surface area (Å²) in [6.07, 6.45) is 0.324. The molecule has 0 saturated heterocycles. The van der Waals surface area contributed by atoms with Gasteiger partial charge in [-0.2, -0.15) is 8.42 Å². The molecule has 1 N–H and O–H groups in total. The first-order chi connectivity index (χ1) is 6.49. The normalized spacial score (nSPS) is 12.6. The van der Waals surface area contributed by atoms with E-state index < -0.39 is 16.2 Å². The number of benzene rings is 1. The third-order valence-corrected chi connectivity index (χ3v) is 1.66. The van der Waals surface area contributed by atoms with E-state index >= 15 is 0 Å². The Morgan fingerprint density at radius 1 is 1.36 bits per heavy atom. The van der Waals surface area contributed by atoms with Crippen LogP contribution in [0.2, 0.25) is 0 Å². The first-order valence-corrected chi connectivity index (χ1v) is 4.92. The maximum absolute atomic E-state index is 13.0. The van der Waals surface area contributed by atoms with Gasteiger partial charge in [-0.05, 0) is 0 Å². The maximum atomic E-state index is 13.0. The summed E-state index contributed by atoms with van der Waals surface area (Å²) >= 11 is 0. The molecule has 0 aromatic heterocycles. The number of rotatable bonds is 3. The van der Waals surface area contributed by atoms with Crippen molar-refractivity contribution < 1.29 is 21.5 Å². The van der Waals surface area contributed by atoms with Crippen LogP contribution in [0.5, 0.6) is 0 Å². The van der Waals surface area contributed by atoms with Gasteiger partial charge in [-0.25, -0.2) is 4.39 Å². The van der Waals surface area contributed by atoms with Gasteiger partial charge in [0.25, 0.3) is 0 Å². The van der Waals surface area contributed by atoms with E-state index in [0.29, 0.717) is 6.26 Å². The lowest BCUT2D eigenvalue weighted by atomic mass is 10.2. The van der Waals surface area contributed by atoms with Crippen LogP contribution in [0.1, 0.15) is 5.56 Å². The minimum Gasteiger partial charge on any atom is -0.367 e. The molecule has 1 aromatic carbocycles. The van der Waals surface area contributed by atoms with Gasteiger partial charge in [0.15, 0.2) is 5.83 Å². The summed E-state index contributed by atoms with van der Waals surface area (Å²) in [4.78, 5) is 0. The van der Waals surface area contributed by atoms with Crippen molar-refractivity contribution in [1.82, 2.24) is 0 Å². The highest BCUT2D eigenvalue weighted by atomic mass is 32.3. The highest BCUT2D eigenvalue weighted by molar-refractivity contribution is 7.81. The third-order valence-electron chi connectivity index (χ3n) is 1.32. The van der Waals surface area contributed by atoms with Crippen LogP contribution in [0, 0.1) is 0 Å². The summed E-state index contributed by atoms with van der Waals surface area (Å²) in [5.74, 6) is -0.886. The average molecular weight is 218 g/mol. The maximum Gasteiger partial charge on any atom is 0.445 e. The molecule has 4 nitrogen and oxygen atoms in total. The fourth-order valence-electron chi connectivity index (χ4n) is 0.768. The van der Waals surface area contributed by atoms with Crippen LogP contribution in [0.3, 0.4) is 0 Å². The largest absolute Gasteiger partial charge is 0.445 e. The Balaban J connectivity index is 2.81.